The van der Waals surface area contributed by atoms with Crippen molar-refractivity contribution < 1.29 is 13.0 Å². The summed E-state index contributed by atoms with van der Waals surface area (Å²) in [5.41, 5.74) is 1.62. The molecule has 0 aliphatic carbocycles. The molecule has 0 atom stereocenters. The van der Waals surface area contributed by atoms with Crippen molar-refractivity contribution in [3.63, 3.8) is 0 Å². The third-order valence-electron chi connectivity index (χ3n) is 5.46. The van der Waals surface area contributed by atoms with Crippen LogP contribution in [0.2, 0.25) is 0 Å². The molecule has 150 valence electrons. The number of aryl methyl sites for hydroxylation is 2. The van der Waals surface area contributed by atoms with E-state index in [9.17, 15) is 22.6 Å². The number of rotatable bonds is 1. The fourth-order valence-electron chi connectivity index (χ4n) is 4.13. The van der Waals surface area contributed by atoms with E-state index in [2.05, 4.69) is 9.97 Å². The molecule has 2 aromatic heterocycles. The molecule has 0 saturated heterocycles. The third kappa shape index (κ3) is 2.51. The van der Waals surface area contributed by atoms with Gasteiger partial charge in [-0.1, -0.05) is 18.2 Å². The van der Waals surface area contributed by atoms with Gasteiger partial charge in [0.15, 0.2) is 10.9 Å². The van der Waals surface area contributed by atoms with Crippen molar-refractivity contribution in [2.45, 2.75) is 18.7 Å². The average Bonchev–Trinajstić information content (AvgIpc) is 2.66. The van der Waals surface area contributed by atoms with Crippen LogP contribution in [-0.4, -0.2) is 22.9 Å². The fraction of sp³-hybridized carbons (Fsp3) is 0.0909. The maximum absolute atomic E-state index is 13.3. The van der Waals surface area contributed by atoms with E-state index >= 15 is 0 Å². The largest absolute Gasteiger partial charge is 0.354 e. The summed E-state index contributed by atoms with van der Waals surface area (Å²) in [5.74, 6) is 0. The highest BCUT2D eigenvalue weighted by molar-refractivity contribution is 7.86. The minimum atomic E-state index is -4.85. The maximum Gasteiger partial charge on any atom is 0.297 e. The molecule has 0 amide bonds. The van der Waals surface area contributed by atoms with Crippen LogP contribution in [0.25, 0.3) is 43.6 Å². The van der Waals surface area contributed by atoms with Gasteiger partial charge < -0.3 is 9.97 Å². The lowest BCUT2D eigenvalue weighted by molar-refractivity contribution is 0.485. The molecule has 5 rings (SSSR count). The Labute approximate surface area is 169 Å². The van der Waals surface area contributed by atoms with Crippen LogP contribution in [0.4, 0.5) is 0 Å². The lowest BCUT2D eigenvalue weighted by Gasteiger charge is -2.12. The van der Waals surface area contributed by atoms with Crippen LogP contribution in [0.1, 0.15) is 11.1 Å². The second kappa shape index (κ2) is 6.01. The molecule has 0 unspecified atom stereocenters. The Morgan fingerprint density at radius 2 is 1.57 bits per heavy atom. The van der Waals surface area contributed by atoms with Gasteiger partial charge in [-0.05, 0) is 49.2 Å². The van der Waals surface area contributed by atoms with E-state index in [0.717, 1.165) is 5.56 Å². The molecule has 0 fully saturated rings. The number of fused-ring (bicyclic) bond motifs is 4. The Morgan fingerprint density at radius 1 is 0.800 bits per heavy atom. The lowest BCUT2D eigenvalue weighted by Crippen LogP contribution is -2.15. The highest BCUT2D eigenvalue weighted by Gasteiger charge is 2.25. The van der Waals surface area contributed by atoms with Gasteiger partial charge in [-0.15, -0.1) is 0 Å². The summed E-state index contributed by atoms with van der Waals surface area (Å²) in [5, 5.41) is 0.588. The summed E-state index contributed by atoms with van der Waals surface area (Å²) in [6.07, 6.45) is 0. The van der Waals surface area contributed by atoms with Crippen molar-refractivity contribution in [2.75, 3.05) is 0 Å². The number of aromatic amines is 2. The Hall–Kier alpha value is -3.49. The zero-order valence-electron chi connectivity index (χ0n) is 16.0. The van der Waals surface area contributed by atoms with E-state index in [0.29, 0.717) is 27.4 Å². The molecule has 0 aliphatic heterocycles. The summed E-state index contributed by atoms with van der Waals surface area (Å²) in [6, 6.07) is 11.8. The summed E-state index contributed by atoms with van der Waals surface area (Å²) < 4.78 is 34.9. The molecule has 0 spiro atoms. The first-order chi connectivity index (χ1) is 14.2. The number of benzene rings is 3. The predicted molar refractivity (Wildman–Crippen MR) is 117 cm³/mol. The second-order valence-electron chi connectivity index (χ2n) is 7.48. The number of hydrogen-bond acceptors (Lipinski definition) is 4. The molecule has 30 heavy (non-hydrogen) atoms. The third-order valence-corrected chi connectivity index (χ3v) is 6.38. The Bertz CT molecular complexity index is 1780. The van der Waals surface area contributed by atoms with Gasteiger partial charge in [0.05, 0.1) is 27.5 Å². The number of aromatic nitrogens is 2. The van der Waals surface area contributed by atoms with Crippen LogP contribution in [-0.2, 0) is 10.1 Å². The summed E-state index contributed by atoms with van der Waals surface area (Å²) in [4.78, 5) is 31.9. The molecule has 7 nitrogen and oxygen atoms in total. The van der Waals surface area contributed by atoms with Gasteiger partial charge in [-0.3, -0.25) is 14.1 Å². The van der Waals surface area contributed by atoms with Crippen LogP contribution in [0.15, 0.2) is 56.9 Å². The molecular weight excluding hydrogens is 404 g/mol. The monoisotopic (exact) mass is 420 g/mol. The first kappa shape index (κ1) is 18.5. The van der Waals surface area contributed by atoms with Gasteiger partial charge in [-0.25, -0.2) is 0 Å². The van der Waals surface area contributed by atoms with Gasteiger partial charge in [0.2, 0.25) is 0 Å². The van der Waals surface area contributed by atoms with Gasteiger partial charge in [0, 0.05) is 16.2 Å². The Balaban J connectivity index is 2.18. The molecule has 3 N–H and O–H groups in total. The van der Waals surface area contributed by atoms with Crippen LogP contribution in [0.5, 0.6) is 0 Å². The Morgan fingerprint density at radius 3 is 2.30 bits per heavy atom. The van der Waals surface area contributed by atoms with E-state index in [4.69, 9.17) is 0 Å². The number of pyridine rings is 2. The van der Waals surface area contributed by atoms with Crippen molar-refractivity contribution in [3.8, 4) is 0 Å². The van der Waals surface area contributed by atoms with E-state index < -0.39 is 25.9 Å². The Kier molecular flexibility index (Phi) is 3.71. The van der Waals surface area contributed by atoms with Crippen LogP contribution in [0, 0.1) is 13.8 Å². The minimum Gasteiger partial charge on any atom is -0.354 e. The predicted octanol–water partition coefficient (Wildman–Crippen LogP) is 3.54. The molecule has 2 heterocycles. The first-order valence-corrected chi connectivity index (χ1v) is 10.6. The van der Waals surface area contributed by atoms with E-state index in [-0.39, 0.29) is 21.8 Å². The number of nitrogens with one attached hydrogen (secondary N) is 2. The van der Waals surface area contributed by atoms with Crippen molar-refractivity contribution in [1.29, 1.82) is 0 Å². The minimum absolute atomic E-state index is 0.0640. The van der Waals surface area contributed by atoms with Crippen LogP contribution < -0.4 is 10.9 Å². The van der Waals surface area contributed by atoms with E-state index in [1.807, 2.05) is 6.92 Å². The molecule has 0 saturated carbocycles. The zero-order chi connectivity index (χ0) is 21.4. The topological polar surface area (TPSA) is 120 Å². The van der Waals surface area contributed by atoms with E-state index in [1.54, 1.807) is 43.3 Å². The quantitative estimate of drug-likeness (QED) is 0.283. The van der Waals surface area contributed by atoms with Crippen molar-refractivity contribution >= 4 is 53.7 Å². The average molecular weight is 420 g/mol. The van der Waals surface area contributed by atoms with Gasteiger partial charge >= 0.3 is 0 Å². The van der Waals surface area contributed by atoms with Gasteiger partial charge in [0.25, 0.3) is 10.1 Å². The fourth-order valence-corrected chi connectivity index (χ4v) is 5.01. The molecule has 0 bridgehead atoms. The summed E-state index contributed by atoms with van der Waals surface area (Å²) in [6.45, 7) is 3.58. The second-order valence-corrected chi connectivity index (χ2v) is 8.84. The smallest absolute Gasteiger partial charge is 0.297 e. The molecular formula is C22H16N2O5S. The van der Waals surface area contributed by atoms with Crippen molar-refractivity contribution in [3.05, 3.63) is 74.0 Å². The first-order valence-electron chi connectivity index (χ1n) is 9.19. The molecule has 3 aromatic carbocycles. The summed E-state index contributed by atoms with van der Waals surface area (Å²) >= 11 is 0. The van der Waals surface area contributed by atoms with Gasteiger partial charge in [0.1, 0.15) is 4.90 Å². The zero-order valence-corrected chi connectivity index (χ0v) is 16.8. The van der Waals surface area contributed by atoms with Gasteiger partial charge in [-0.2, -0.15) is 8.42 Å². The highest BCUT2D eigenvalue weighted by Crippen LogP contribution is 2.30. The standard InChI is InChI=1S/C22H16N2O5S/c1-10-6-7-12-15(8-10)24-19-13(20(12)25)9-16-18(22(19)30(27,28)29)21(26)17-11(2)4-3-5-14(17)23-16/h3-9H,1-2H3,(H,23,26)(H,24,25)(H,27,28,29). The molecule has 0 radical (unpaired) electrons. The highest BCUT2D eigenvalue weighted by atomic mass is 32.2. The molecule has 0 aliphatic rings. The SMILES string of the molecule is Cc1ccc2c(=O)c3cc4[nH]c5cccc(C)c5c(=O)c4c(S(=O)(=O)O)c3[nH]c2c1. The van der Waals surface area contributed by atoms with Crippen LogP contribution >= 0.6 is 0 Å². The van der Waals surface area contributed by atoms with E-state index in [1.165, 1.54) is 6.07 Å². The normalized spacial score (nSPS) is 12.4. The lowest BCUT2D eigenvalue weighted by atomic mass is 10.0. The number of H-pyrrole nitrogens is 2. The van der Waals surface area contributed by atoms with Crippen LogP contribution in [0.3, 0.4) is 0 Å². The molecule has 5 aromatic rings. The van der Waals surface area contributed by atoms with Crippen molar-refractivity contribution in [2.24, 2.45) is 0 Å². The van der Waals surface area contributed by atoms with Crippen molar-refractivity contribution in [1.82, 2.24) is 9.97 Å². The summed E-state index contributed by atoms with van der Waals surface area (Å²) in [7, 11) is -4.85. The number of hydrogen-bond donors (Lipinski definition) is 3. The molecule has 8 heteroatoms. The maximum atomic E-state index is 13.3.